The second kappa shape index (κ2) is 44.4. The molecular weight excluding hydrogens is 985 g/mol. The molecule has 2 aliphatic rings. The first-order valence-corrected chi connectivity index (χ1v) is 31.4. The Morgan fingerprint density at radius 1 is 0.500 bits per heavy atom. The van der Waals surface area contributed by atoms with Gasteiger partial charge in [-0.3, -0.25) is 0 Å². The van der Waals surface area contributed by atoms with Crippen LogP contribution in [0.1, 0.15) is 187 Å². The maximum atomic E-state index is 4.18. The van der Waals surface area contributed by atoms with Gasteiger partial charge >= 0.3 is 0 Å². The van der Waals surface area contributed by atoms with E-state index in [-0.39, 0.29) is 0 Å². The molecule has 0 aromatic heterocycles. The van der Waals surface area contributed by atoms with Crippen LogP contribution >= 0.6 is 0 Å². The molecule has 82 heavy (non-hydrogen) atoms. The average molecular weight is 1090 g/mol. The van der Waals surface area contributed by atoms with Crippen LogP contribution in [-0.4, -0.2) is 0 Å². The predicted octanol–water partition coefficient (Wildman–Crippen LogP) is 25.7. The van der Waals surface area contributed by atoms with E-state index in [4.69, 9.17) is 0 Å². The van der Waals surface area contributed by atoms with E-state index in [2.05, 4.69) is 256 Å². The van der Waals surface area contributed by atoms with Crippen LogP contribution in [0.5, 0.6) is 0 Å². The minimum atomic E-state index is 1.09. The fourth-order valence-electron chi connectivity index (χ4n) is 9.88. The molecule has 0 bridgehead atoms. The number of benzene rings is 7. The van der Waals surface area contributed by atoms with E-state index in [9.17, 15) is 0 Å². The third-order valence-electron chi connectivity index (χ3n) is 13.7. The minimum absolute atomic E-state index is 1.09. The molecule has 7 aromatic rings. The van der Waals surface area contributed by atoms with Crippen molar-refractivity contribution >= 4 is 16.7 Å². The molecule has 7 aromatic carbocycles. The fraction of sp³-hybridized carbons (Fsp3) is 0.317. The SMILES string of the molecule is C=C(C)c1ccccc1-c1ccccc1C1=CC=C(/C(=C/C)CCC)CC1.C=C/C=C(\C(CCC)=C1Cc2ccccc2C1)c1ccccc1C.CC.CC.CC.CC.CC.CCc1ccccc1.Cc1cccc(-c2ccccc2)c1. The summed E-state index contributed by atoms with van der Waals surface area (Å²) in [5, 5.41) is 0. The molecule has 0 aliphatic heterocycles. The van der Waals surface area contributed by atoms with Gasteiger partial charge < -0.3 is 0 Å². The maximum Gasteiger partial charge on any atom is -0.00549 e. The van der Waals surface area contributed by atoms with Crippen molar-refractivity contribution in [3.63, 3.8) is 0 Å². The summed E-state index contributed by atoms with van der Waals surface area (Å²) in [5.74, 6) is 0. The summed E-state index contributed by atoms with van der Waals surface area (Å²) in [7, 11) is 0. The zero-order chi connectivity index (χ0) is 61.1. The Bertz CT molecular complexity index is 2990. The van der Waals surface area contributed by atoms with Gasteiger partial charge in [0.25, 0.3) is 0 Å². The van der Waals surface area contributed by atoms with Gasteiger partial charge in [-0.05, 0) is 162 Å². The van der Waals surface area contributed by atoms with Gasteiger partial charge in [0, 0.05) is 0 Å². The van der Waals surface area contributed by atoms with Crippen molar-refractivity contribution in [1.29, 1.82) is 0 Å². The number of rotatable bonds is 13. The summed E-state index contributed by atoms with van der Waals surface area (Å²) in [6, 6.07) is 64.4. The molecule has 0 spiro atoms. The molecule has 0 fully saturated rings. The molecule has 0 nitrogen and oxygen atoms in total. The molecule has 0 amide bonds. The molecule has 0 saturated heterocycles. The van der Waals surface area contributed by atoms with Crippen molar-refractivity contribution in [1.82, 2.24) is 0 Å². The summed E-state index contributed by atoms with van der Waals surface area (Å²) < 4.78 is 0. The van der Waals surface area contributed by atoms with E-state index in [1.807, 2.05) is 87.4 Å². The van der Waals surface area contributed by atoms with Crippen LogP contribution in [0.2, 0.25) is 0 Å². The molecule has 0 saturated carbocycles. The molecule has 0 unspecified atom stereocenters. The van der Waals surface area contributed by atoms with Gasteiger partial charge in [-0.15, -0.1) is 0 Å². The summed E-state index contributed by atoms with van der Waals surface area (Å²) in [6.07, 6.45) is 21.3. The zero-order valence-electron chi connectivity index (χ0n) is 54.5. The van der Waals surface area contributed by atoms with Crippen molar-refractivity contribution in [3.05, 3.63) is 292 Å². The summed E-state index contributed by atoms with van der Waals surface area (Å²) in [4.78, 5) is 0. The van der Waals surface area contributed by atoms with Crippen LogP contribution in [0.15, 0.2) is 248 Å². The standard InChI is InChI=1S/C27H30.C24H26.C13H12.C8H10.5C2H6/c1-5-11-21(6-2)22-16-18-23(19-17-22)25-13-8-10-15-27(25)26-14-9-7-12-24(26)20(3)4;1-4-10-23(21-16-19-13-7-8-14-20(19)17-21)24(11-5-2)22-15-9-6-12-18(22)3;1-11-6-5-9-13(10-11)12-7-3-2-4-8-12;1-2-8-6-4-3-5-7-8;5*1-2/h6-10,12-16,18H,3,5,11,17,19H2,1-2,4H3;5-9,11-15H,2,4,10,16-17H2,1,3H3;2-10H,1H3;3-7H,2H2,1H3;5*1-2H3/b21-6+;24-11-;;;;;;;. The van der Waals surface area contributed by atoms with Gasteiger partial charge in [-0.2, -0.15) is 0 Å². The van der Waals surface area contributed by atoms with Gasteiger partial charge in [-0.1, -0.05) is 345 Å². The third-order valence-corrected chi connectivity index (χ3v) is 13.7. The summed E-state index contributed by atoms with van der Waals surface area (Å²) >= 11 is 0. The lowest BCUT2D eigenvalue weighted by molar-refractivity contribution is 0.872. The van der Waals surface area contributed by atoms with Crippen molar-refractivity contribution in [2.45, 2.75) is 175 Å². The van der Waals surface area contributed by atoms with Crippen LogP contribution in [0.3, 0.4) is 0 Å². The maximum absolute atomic E-state index is 4.18. The highest BCUT2D eigenvalue weighted by atomic mass is 14.3. The van der Waals surface area contributed by atoms with E-state index < -0.39 is 0 Å². The van der Waals surface area contributed by atoms with Crippen LogP contribution in [0.25, 0.3) is 39.0 Å². The first kappa shape index (κ1) is 72.7. The normalized spacial score (nSPS) is 11.6. The lowest BCUT2D eigenvalue weighted by atomic mass is 9.84. The second-order valence-electron chi connectivity index (χ2n) is 19.0. The molecule has 0 heterocycles. The second-order valence-corrected chi connectivity index (χ2v) is 19.0. The topological polar surface area (TPSA) is 0 Å². The molecule has 0 atom stereocenters. The molecule has 2 aliphatic carbocycles. The highest BCUT2D eigenvalue weighted by Gasteiger charge is 2.21. The van der Waals surface area contributed by atoms with Crippen LogP contribution in [-0.2, 0) is 19.3 Å². The van der Waals surface area contributed by atoms with Crippen LogP contribution < -0.4 is 0 Å². The van der Waals surface area contributed by atoms with Gasteiger partial charge in [0.15, 0.2) is 0 Å². The zero-order valence-corrected chi connectivity index (χ0v) is 54.5. The Kier molecular flexibility index (Phi) is 39.4. The van der Waals surface area contributed by atoms with Crippen molar-refractivity contribution < 1.29 is 0 Å². The Labute approximate surface area is 504 Å². The smallest absolute Gasteiger partial charge is 0.00549 e. The highest BCUT2D eigenvalue weighted by Crippen LogP contribution is 2.39. The first-order valence-electron chi connectivity index (χ1n) is 31.4. The lowest BCUT2D eigenvalue weighted by Crippen LogP contribution is -1.99. The molecule has 9 rings (SSSR count). The number of hydrogen-bond donors (Lipinski definition) is 0. The molecule has 436 valence electrons. The van der Waals surface area contributed by atoms with Crippen LogP contribution in [0, 0.1) is 13.8 Å². The predicted molar refractivity (Wildman–Crippen MR) is 375 cm³/mol. The molecule has 0 radical (unpaired) electrons. The van der Waals surface area contributed by atoms with E-state index in [0.29, 0.717) is 0 Å². The van der Waals surface area contributed by atoms with Crippen LogP contribution in [0.4, 0.5) is 0 Å². The average Bonchev–Trinajstić information content (AvgIpc) is 4.01. The number of aryl methyl sites for hydroxylation is 3. The Morgan fingerprint density at radius 3 is 1.49 bits per heavy atom. The van der Waals surface area contributed by atoms with E-state index in [1.165, 1.54) is 107 Å². The highest BCUT2D eigenvalue weighted by molar-refractivity contribution is 5.88. The summed E-state index contributed by atoms with van der Waals surface area (Å²) in [6.45, 7) is 43.4. The van der Waals surface area contributed by atoms with E-state index >= 15 is 0 Å². The Morgan fingerprint density at radius 2 is 1.00 bits per heavy atom. The Hall–Kier alpha value is -7.28. The monoisotopic (exact) mass is 1090 g/mol. The third kappa shape index (κ3) is 23.7. The fourth-order valence-corrected chi connectivity index (χ4v) is 9.88. The largest absolute Gasteiger partial charge is 0.0990 e. The number of fused-ring (bicyclic) bond motifs is 1. The Balaban J connectivity index is 0.000000553. The summed E-state index contributed by atoms with van der Waals surface area (Å²) in [5.41, 5.74) is 26.1. The number of hydrogen-bond acceptors (Lipinski definition) is 0. The van der Waals surface area contributed by atoms with Crippen molar-refractivity contribution in [2.75, 3.05) is 0 Å². The quantitative estimate of drug-likeness (QED) is 0.101. The van der Waals surface area contributed by atoms with Crippen molar-refractivity contribution in [3.8, 4) is 22.3 Å². The lowest BCUT2D eigenvalue weighted by Gasteiger charge is -2.20. The van der Waals surface area contributed by atoms with Gasteiger partial charge in [0.05, 0.1) is 0 Å². The molecular formula is C82H108. The minimum Gasteiger partial charge on any atom is -0.0990 e. The van der Waals surface area contributed by atoms with Gasteiger partial charge in [-0.25, -0.2) is 0 Å². The molecule has 0 heteroatoms. The first-order chi connectivity index (χ1) is 40.2. The van der Waals surface area contributed by atoms with Gasteiger partial charge in [0.1, 0.15) is 0 Å². The molecule has 0 N–H and O–H groups in total. The van der Waals surface area contributed by atoms with Crippen molar-refractivity contribution in [2.24, 2.45) is 0 Å². The van der Waals surface area contributed by atoms with Gasteiger partial charge in [0.2, 0.25) is 0 Å². The van der Waals surface area contributed by atoms with E-state index in [0.717, 1.165) is 50.5 Å². The number of allylic oxidation sites excluding steroid dienone is 12. The van der Waals surface area contributed by atoms with E-state index in [1.54, 1.807) is 5.57 Å².